The van der Waals surface area contributed by atoms with Crippen LogP contribution in [-0.2, 0) is 16.6 Å². The van der Waals surface area contributed by atoms with Crippen LogP contribution in [-0.4, -0.2) is 28.2 Å². The Balaban J connectivity index is 1.93. The third-order valence-electron chi connectivity index (χ3n) is 3.26. The summed E-state index contributed by atoms with van der Waals surface area (Å²) in [7, 11) is -3.84. The first-order valence-corrected chi connectivity index (χ1v) is 8.14. The van der Waals surface area contributed by atoms with E-state index in [0.717, 1.165) is 13.0 Å². The predicted octanol–water partition coefficient (Wildman–Crippen LogP) is 0.722. The zero-order valence-corrected chi connectivity index (χ0v) is 12.5. The fraction of sp³-hybridized carbons (Fsp3) is 0.364. The number of pyridine rings is 1. The largest absolute Gasteiger partial charge is 0.383 e. The van der Waals surface area contributed by atoms with Crippen molar-refractivity contribution in [1.82, 2.24) is 24.5 Å². The van der Waals surface area contributed by atoms with Crippen LogP contribution < -0.4 is 10.5 Å². The van der Waals surface area contributed by atoms with E-state index in [1.807, 2.05) is 0 Å². The highest BCUT2D eigenvalue weighted by Crippen LogP contribution is 2.26. The van der Waals surface area contributed by atoms with E-state index in [2.05, 4.69) is 19.8 Å². The van der Waals surface area contributed by atoms with Crippen molar-refractivity contribution in [3.8, 4) is 0 Å². The molecule has 21 heavy (non-hydrogen) atoms. The van der Waals surface area contributed by atoms with Gasteiger partial charge in [0.25, 0.3) is 0 Å². The Kier molecular flexibility index (Phi) is 3.56. The van der Waals surface area contributed by atoms with Gasteiger partial charge >= 0.3 is 0 Å². The van der Waals surface area contributed by atoms with Gasteiger partial charge in [-0.05, 0) is 18.9 Å². The molecule has 0 bridgehead atoms. The molecule has 0 saturated heterocycles. The van der Waals surface area contributed by atoms with Crippen LogP contribution in [0.5, 0.6) is 0 Å². The summed E-state index contributed by atoms with van der Waals surface area (Å²) in [6.45, 7) is 0.731. The second kappa shape index (κ2) is 5.24. The summed E-state index contributed by atoms with van der Waals surface area (Å²) in [5.74, 6) is 0.502. The van der Waals surface area contributed by atoms with Crippen molar-refractivity contribution in [3.63, 3.8) is 0 Å². The van der Waals surface area contributed by atoms with Crippen LogP contribution in [0.25, 0.3) is 0 Å². The third kappa shape index (κ3) is 2.71. The van der Waals surface area contributed by atoms with E-state index in [9.17, 15) is 8.42 Å². The Labute approximate surface area is 126 Å². The molecule has 0 unspecified atom stereocenters. The predicted molar refractivity (Wildman–Crippen MR) is 76.0 cm³/mol. The molecule has 0 aliphatic carbocycles. The van der Waals surface area contributed by atoms with Crippen molar-refractivity contribution < 1.29 is 8.42 Å². The van der Waals surface area contributed by atoms with Gasteiger partial charge in [0.1, 0.15) is 22.9 Å². The molecule has 3 N–H and O–H groups in total. The third-order valence-corrected chi connectivity index (χ3v) is 4.96. The topological polar surface area (TPSA) is 116 Å². The summed E-state index contributed by atoms with van der Waals surface area (Å²) in [4.78, 5) is 7.74. The maximum atomic E-state index is 12.5. The van der Waals surface area contributed by atoms with Crippen LogP contribution in [0.4, 0.5) is 5.82 Å². The lowest BCUT2D eigenvalue weighted by Crippen LogP contribution is -2.33. The minimum atomic E-state index is -3.84. The minimum Gasteiger partial charge on any atom is -0.383 e. The molecule has 0 saturated carbocycles. The normalized spacial score (nSPS) is 18.4. The SMILES string of the molecule is Nc1ncc(Cl)cc1S(=O)(=O)N[C@@H]1CCCn2ncnc21. The lowest BCUT2D eigenvalue weighted by atomic mass is 10.1. The number of halogens is 1. The molecule has 0 fully saturated rings. The zero-order valence-electron chi connectivity index (χ0n) is 10.9. The summed E-state index contributed by atoms with van der Waals surface area (Å²) < 4.78 is 29.2. The first-order chi connectivity index (χ1) is 9.97. The molecule has 1 aliphatic heterocycles. The molecule has 0 spiro atoms. The first kappa shape index (κ1) is 14.2. The molecule has 1 atom stereocenters. The Bertz CT molecular complexity index is 775. The van der Waals surface area contributed by atoms with Gasteiger partial charge in [-0.15, -0.1) is 0 Å². The molecule has 3 rings (SSSR count). The van der Waals surface area contributed by atoms with Crippen LogP contribution in [0.1, 0.15) is 24.7 Å². The number of sulfonamides is 1. The van der Waals surface area contributed by atoms with Crippen molar-refractivity contribution in [3.05, 3.63) is 29.4 Å². The maximum Gasteiger partial charge on any atom is 0.244 e. The summed E-state index contributed by atoms with van der Waals surface area (Å²) in [6, 6.07) is 0.837. The summed E-state index contributed by atoms with van der Waals surface area (Å²) >= 11 is 5.79. The molecule has 112 valence electrons. The van der Waals surface area contributed by atoms with Gasteiger partial charge in [0.15, 0.2) is 0 Å². The highest BCUT2D eigenvalue weighted by atomic mass is 35.5. The molecule has 2 aromatic heterocycles. The lowest BCUT2D eigenvalue weighted by Gasteiger charge is -2.23. The fourth-order valence-corrected chi connectivity index (χ4v) is 3.86. The van der Waals surface area contributed by atoms with E-state index in [1.54, 1.807) is 4.68 Å². The first-order valence-electron chi connectivity index (χ1n) is 6.28. The van der Waals surface area contributed by atoms with Crippen molar-refractivity contribution in [1.29, 1.82) is 0 Å². The Morgan fingerprint density at radius 1 is 1.43 bits per heavy atom. The van der Waals surface area contributed by atoms with Crippen LogP contribution >= 0.6 is 11.6 Å². The maximum absolute atomic E-state index is 12.5. The number of aryl methyl sites for hydroxylation is 1. The van der Waals surface area contributed by atoms with Gasteiger partial charge in [-0.2, -0.15) is 5.10 Å². The summed E-state index contributed by atoms with van der Waals surface area (Å²) in [5.41, 5.74) is 5.63. The van der Waals surface area contributed by atoms with E-state index in [0.29, 0.717) is 12.2 Å². The van der Waals surface area contributed by atoms with Gasteiger partial charge in [0, 0.05) is 12.7 Å². The minimum absolute atomic E-state index is 0.0934. The molecule has 8 nitrogen and oxygen atoms in total. The van der Waals surface area contributed by atoms with Crippen molar-refractivity contribution in [2.45, 2.75) is 30.3 Å². The molecule has 1 aliphatic rings. The summed E-state index contributed by atoms with van der Waals surface area (Å²) in [6.07, 6.45) is 4.17. The number of nitrogen functional groups attached to an aromatic ring is 1. The molecule has 0 aromatic carbocycles. The van der Waals surface area contributed by atoms with Gasteiger partial charge in [0.05, 0.1) is 11.1 Å². The standard InChI is InChI=1S/C11H13ClN6O2S/c12-7-4-9(10(13)14-5-7)21(19,20)17-8-2-1-3-18-11(8)15-6-16-18/h4-6,8,17H,1-3H2,(H2,13,14)/t8-/m1/s1. The Morgan fingerprint density at radius 2 is 2.24 bits per heavy atom. The number of nitrogens with two attached hydrogens (primary N) is 1. The molecule has 0 radical (unpaired) electrons. The molecular formula is C11H13ClN6O2S. The number of fused-ring (bicyclic) bond motifs is 1. The van der Waals surface area contributed by atoms with Crippen molar-refractivity contribution in [2.24, 2.45) is 0 Å². The molecule has 10 heteroatoms. The van der Waals surface area contributed by atoms with Crippen LogP contribution in [0.15, 0.2) is 23.5 Å². The summed E-state index contributed by atoms with van der Waals surface area (Å²) in [5, 5.41) is 4.26. The second-order valence-electron chi connectivity index (χ2n) is 4.69. The average Bonchev–Trinajstić information content (AvgIpc) is 2.90. The number of rotatable bonds is 3. The van der Waals surface area contributed by atoms with E-state index in [4.69, 9.17) is 17.3 Å². The monoisotopic (exact) mass is 328 g/mol. The molecule has 3 heterocycles. The molecule has 2 aromatic rings. The van der Waals surface area contributed by atoms with Gasteiger partial charge in [-0.1, -0.05) is 11.6 Å². The number of hydrogen-bond acceptors (Lipinski definition) is 6. The number of aromatic nitrogens is 4. The number of nitrogens with one attached hydrogen (secondary N) is 1. The number of anilines is 1. The van der Waals surface area contributed by atoms with Gasteiger partial charge in [-0.25, -0.2) is 27.8 Å². The van der Waals surface area contributed by atoms with Crippen LogP contribution in [0.3, 0.4) is 0 Å². The smallest absolute Gasteiger partial charge is 0.244 e. The fourth-order valence-electron chi connectivity index (χ4n) is 2.30. The van der Waals surface area contributed by atoms with Crippen molar-refractivity contribution >= 4 is 27.4 Å². The quantitative estimate of drug-likeness (QED) is 0.857. The highest BCUT2D eigenvalue weighted by Gasteiger charge is 2.29. The average molecular weight is 329 g/mol. The molecule has 0 amide bonds. The van der Waals surface area contributed by atoms with Crippen LogP contribution in [0, 0.1) is 0 Å². The Morgan fingerprint density at radius 3 is 3.05 bits per heavy atom. The zero-order chi connectivity index (χ0) is 15.0. The van der Waals surface area contributed by atoms with E-state index >= 15 is 0 Å². The number of nitrogens with zero attached hydrogens (tertiary/aromatic N) is 4. The molecular weight excluding hydrogens is 316 g/mol. The van der Waals surface area contributed by atoms with Crippen LogP contribution in [0.2, 0.25) is 5.02 Å². The van der Waals surface area contributed by atoms with Gasteiger partial charge in [-0.3, -0.25) is 0 Å². The lowest BCUT2D eigenvalue weighted by molar-refractivity contribution is 0.400. The van der Waals surface area contributed by atoms with E-state index in [1.165, 1.54) is 18.6 Å². The van der Waals surface area contributed by atoms with Crippen molar-refractivity contribution in [2.75, 3.05) is 5.73 Å². The second-order valence-corrected chi connectivity index (χ2v) is 6.81. The van der Waals surface area contributed by atoms with E-state index in [-0.39, 0.29) is 15.7 Å². The van der Waals surface area contributed by atoms with E-state index < -0.39 is 16.1 Å². The van der Waals surface area contributed by atoms with Gasteiger partial charge < -0.3 is 5.73 Å². The Hall–Kier alpha value is -1.71. The number of hydrogen-bond donors (Lipinski definition) is 2. The highest BCUT2D eigenvalue weighted by molar-refractivity contribution is 7.89. The van der Waals surface area contributed by atoms with Gasteiger partial charge in [0.2, 0.25) is 10.0 Å².